The summed E-state index contributed by atoms with van der Waals surface area (Å²) in [6.45, 7) is 2.10. The highest BCUT2D eigenvalue weighted by Crippen LogP contribution is 2.20. The number of carbonyl (C=O) groups is 1. The van der Waals surface area contributed by atoms with Crippen LogP contribution >= 0.6 is 0 Å². The third-order valence-corrected chi connectivity index (χ3v) is 4.70. The van der Waals surface area contributed by atoms with Crippen LogP contribution in [0.4, 0.5) is 0 Å². The van der Waals surface area contributed by atoms with E-state index in [1.807, 2.05) is 66.8 Å². The molecule has 0 fully saturated rings. The Bertz CT molecular complexity index is 1250. The van der Waals surface area contributed by atoms with E-state index in [2.05, 4.69) is 19.9 Å². The van der Waals surface area contributed by atoms with Gasteiger partial charge < -0.3 is 14.7 Å². The Kier molecular flexibility index (Phi) is 4.09. The monoisotopic (exact) mass is 382 g/mol. The number of hydrogen-bond acceptors (Lipinski definition) is 4. The Morgan fingerprint density at radius 1 is 0.793 bits per heavy atom. The minimum Gasteiger partial charge on any atom is -0.462 e. The van der Waals surface area contributed by atoms with Crippen LogP contribution in [-0.2, 0) is 4.74 Å². The Labute approximate surface area is 166 Å². The fourth-order valence-corrected chi connectivity index (χ4v) is 3.43. The van der Waals surface area contributed by atoms with Gasteiger partial charge in [-0.3, -0.25) is 0 Å². The van der Waals surface area contributed by atoms with E-state index in [0.717, 1.165) is 33.8 Å². The molecule has 142 valence electrons. The maximum absolute atomic E-state index is 12.7. The van der Waals surface area contributed by atoms with Gasteiger partial charge >= 0.3 is 5.97 Å². The van der Waals surface area contributed by atoms with Crippen molar-refractivity contribution in [2.45, 2.75) is 6.92 Å². The van der Waals surface area contributed by atoms with Crippen LogP contribution in [-0.4, -0.2) is 32.5 Å². The summed E-state index contributed by atoms with van der Waals surface area (Å²) in [7, 11) is 0. The molecule has 0 aromatic carbocycles. The second-order valence-corrected chi connectivity index (χ2v) is 6.77. The summed E-state index contributed by atoms with van der Waals surface area (Å²) >= 11 is 0. The number of nitrogens with one attached hydrogen (secondary N) is 2. The summed E-state index contributed by atoms with van der Waals surface area (Å²) in [5.41, 5.74) is 6.88. The number of nitrogens with zero attached hydrogens (tertiary/aromatic N) is 2. The van der Waals surface area contributed by atoms with Crippen LogP contribution in [0.3, 0.4) is 0 Å². The minimum atomic E-state index is -0.382. The molecule has 0 atom stereocenters. The molecule has 2 N–H and O–H groups in total. The third-order valence-electron chi connectivity index (χ3n) is 4.70. The van der Waals surface area contributed by atoms with Crippen molar-refractivity contribution in [3.8, 4) is 0 Å². The van der Waals surface area contributed by atoms with Gasteiger partial charge in [0.25, 0.3) is 0 Å². The highest BCUT2D eigenvalue weighted by Gasteiger charge is 2.13. The molecule has 29 heavy (non-hydrogen) atoms. The van der Waals surface area contributed by atoms with Crippen molar-refractivity contribution in [1.29, 1.82) is 0 Å². The molecule has 2 aliphatic rings. The van der Waals surface area contributed by atoms with Crippen molar-refractivity contribution in [2.24, 2.45) is 0 Å². The van der Waals surface area contributed by atoms with Crippen molar-refractivity contribution < 1.29 is 9.53 Å². The largest absolute Gasteiger partial charge is 0.462 e. The Hall–Kier alpha value is -3.93. The van der Waals surface area contributed by atoms with Crippen molar-refractivity contribution in [3.63, 3.8) is 0 Å². The van der Waals surface area contributed by atoms with Crippen molar-refractivity contribution >= 4 is 52.3 Å². The summed E-state index contributed by atoms with van der Waals surface area (Å²) in [4.78, 5) is 28.5. The molecule has 0 amide bonds. The number of fused-ring (bicyclic) bond motifs is 8. The first-order valence-electron chi connectivity index (χ1n) is 9.42. The maximum atomic E-state index is 12.7. The number of aromatic nitrogens is 4. The van der Waals surface area contributed by atoms with E-state index >= 15 is 0 Å². The van der Waals surface area contributed by atoms with Crippen molar-refractivity contribution in [1.82, 2.24) is 19.9 Å². The molecule has 6 nitrogen and oxygen atoms in total. The normalized spacial score (nSPS) is 12.3. The molecule has 0 saturated carbocycles. The predicted molar refractivity (Wildman–Crippen MR) is 115 cm³/mol. The first kappa shape index (κ1) is 17.2. The SMILES string of the molecule is CCOC(=O)c1c2ccc(cc3nc(cc4nc(cc5ccc1[nH]5)C=C4)C=C3)[nH]2. The van der Waals surface area contributed by atoms with Crippen LogP contribution in [0.5, 0.6) is 0 Å². The predicted octanol–water partition coefficient (Wildman–Crippen LogP) is 4.83. The lowest BCUT2D eigenvalue weighted by atomic mass is 10.2. The zero-order valence-electron chi connectivity index (χ0n) is 15.8. The van der Waals surface area contributed by atoms with Gasteiger partial charge in [0, 0.05) is 11.0 Å². The number of ether oxygens (including phenoxy) is 1. The van der Waals surface area contributed by atoms with Gasteiger partial charge in [-0.1, -0.05) is 0 Å². The van der Waals surface area contributed by atoms with Crippen LogP contribution in [0, 0.1) is 0 Å². The van der Waals surface area contributed by atoms with Crippen LogP contribution in [0.25, 0.3) is 46.4 Å². The quantitative estimate of drug-likeness (QED) is 0.428. The van der Waals surface area contributed by atoms with Gasteiger partial charge in [0.15, 0.2) is 0 Å². The summed E-state index contributed by atoms with van der Waals surface area (Å²) in [6.07, 6.45) is 7.82. The summed E-state index contributed by atoms with van der Waals surface area (Å²) in [6, 6.07) is 13.4. The summed E-state index contributed by atoms with van der Waals surface area (Å²) < 4.78 is 5.30. The van der Waals surface area contributed by atoms with Gasteiger partial charge in [-0.25, -0.2) is 14.8 Å². The third kappa shape index (κ3) is 3.36. The second kappa shape index (κ2) is 6.91. The fourth-order valence-electron chi connectivity index (χ4n) is 3.43. The fraction of sp³-hybridized carbons (Fsp3) is 0.0870. The number of carbonyl (C=O) groups excluding carboxylic acids is 1. The summed E-state index contributed by atoms with van der Waals surface area (Å²) in [5.74, 6) is -0.382. The van der Waals surface area contributed by atoms with Crippen LogP contribution in [0.15, 0.2) is 42.5 Å². The maximum Gasteiger partial charge on any atom is 0.342 e. The molecule has 3 aromatic rings. The Morgan fingerprint density at radius 2 is 1.28 bits per heavy atom. The number of esters is 1. The van der Waals surface area contributed by atoms with Gasteiger partial charge in [0.1, 0.15) is 5.56 Å². The Balaban J connectivity index is 1.86. The van der Waals surface area contributed by atoms with Gasteiger partial charge in [-0.05, 0) is 73.7 Å². The number of hydrogen-bond donors (Lipinski definition) is 2. The smallest absolute Gasteiger partial charge is 0.342 e. The molecule has 5 rings (SSSR count). The highest BCUT2D eigenvalue weighted by atomic mass is 16.5. The standard InChI is InChI=1S/C23H18N4O2/c1-2-29-23(28)22-20-9-7-18(26-20)12-16-5-3-14(24-16)11-15-4-6-17(25-15)13-19-8-10-21(22)27-19/h3-13,26-27H,2H2,1H3. The molecular formula is C23H18N4O2. The van der Waals surface area contributed by atoms with Gasteiger partial charge in [-0.15, -0.1) is 0 Å². The lowest BCUT2D eigenvalue weighted by Crippen LogP contribution is -2.05. The highest BCUT2D eigenvalue weighted by molar-refractivity contribution is 6.04. The number of rotatable bonds is 2. The molecule has 5 heterocycles. The van der Waals surface area contributed by atoms with E-state index in [0.29, 0.717) is 23.2 Å². The molecule has 0 saturated heterocycles. The molecule has 3 aromatic heterocycles. The molecule has 2 aliphatic heterocycles. The number of aromatic amines is 2. The molecule has 0 radical (unpaired) electrons. The van der Waals surface area contributed by atoms with Crippen molar-refractivity contribution in [2.75, 3.05) is 6.61 Å². The van der Waals surface area contributed by atoms with E-state index in [9.17, 15) is 4.79 Å². The van der Waals surface area contributed by atoms with Crippen LogP contribution < -0.4 is 0 Å². The topological polar surface area (TPSA) is 83.7 Å². The zero-order chi connectivity index (χ0) is 19.8. The average molecular weight is 382 g/mol. The van der Waals surface area contributed by atoms with Gasteiger partial charge in [0.2, 0.25) is 0 Å². The summed E-state index contributed by atoms with van der Waals surface area (Å²) in [5, 5.41) is 0. The van der Waals surface area contributed by atoms with E-state index in [-0.39, 0.29) is 5.97 Å². The first-order chi connectivity index (χ1) is 14.2. The zero-order valence-corrected chi connectivity index (χ0v) is 15.8. The van der Waals surface area contributed by atoms with Gasteiger partial charge in [-0.2, -0.15) is 0 Å². The average Bonchev–Trinajstić information content (AvgIpc) is 3.47. The van der Waals surface area contributed by atoms with E-state index in [1.54, 1.807) is 6.92 Å². The number of H-pyrrole nitrogens is 2. The van der Waals surface area contributed by atoms with E-state index in [4.69, 9.17) is 4.74 Å². The lowest BCUT2D eigenvalue weighted by Gasteiger charge is -2.01. The van der Waals surface area contributed by atoms with Crippen LogP contribution in [0.2, 0.25) is 0 Å². The first-order valence-corrected chi connectivity index (χ1v) is 9.42. The molecule has 0 unspecified atom stereocenters. The molecule has 0 aliphatic carbocycles. The Morgan fingerprint density at radius 3 is 1.76 bits per heavy atom. The lowest BCUT2D eigenvalue weighted by molar-refractivity contribution is 0.0530. The molecule has 6 heteroatoms. The molecule has 8 bridgehead atoms. The minimum absolute atomic E-state index is 0.304. The van der Waals surface area contributed by atoms with Gasteiger partial charge in [0.05, 0.1) is 40.4 Å². The second-order valence-electron chi connectivity index (χ2n) is 6.77. The molecule has 0 spiro atoms. The van der Waals surface area contributed by atoms with Crippen molar-refractivity contribution in [3.05, 3.63) is 70.8 Å². The van der Waals surface area contributed by atoms with E-state index < -0.39 is 0 Å². The van der Waals surface area contributed by atoms with E-state index in [1.165, 1.54) is 0 Å². The molecular weight excluding hydrogens is 364 g/mol. The van der Waals surface area contributed by atoms with Crippen LogP contribution in [0.1, 0.15) is 40.1 Å².